The molecular formula is C28H31F3N6O4S. The van der Waals surface area contributed by atoms with Gasteiger partial charge in [0.15, 0.2) is 0 Å². The van der Waals surface area contributed by atoms with E-state index in [0.717, 1.165) is 24.1 Å². The van der Waals surface area contributed by atoms with E-state index in [1.807, 2.05) is 33.8 Å². The second-order valence-electron chi connectivity index (χ2n) is 11.1. The Kier molecular flexibility index (Phi) is 7.74. The first-order chi connectivity index (χ1) is 19.4. The first-order valence-electron chi connectivity index (χ1n) is 12.7. The van der Waals surface area contributed by atoms with Crippen molar-refractivity contribution in [1.82, 2.24) is 20.0 Å². The van der Waals surface area contributed by atoms with Gasteiger partial charge in [0.1, 0.15) is 22.7 Å². The minimum Gasteiger partial charge on any atom is -0.494 e. The third kappa shape index (κ3) is 5.89. The summed E-state index contributed by atoms with van der Waals surface area (Å²) in [5.41, 5.74) is 5.74. The number of anilines is 1. The zero-order chi connectivity index (χ0) is 31.3. The van der Waals surface area contributed by atoms with E-state index in [2.05, 4.69) is 20.0 Å². The van der Waals surface area contributed by atoms with Gasteiger partial charge in [-0.1, -0.05) is 38.1 Å². The maximum Gasteiger partial charge on any atom is 0.433 e. The molecule has 1 aliphatic carbocycles. The van der Waals surface area contributed by atoms with Crippen molar-refractivity contribution in [1.29, 1.82) is 0 Å². The molecule has 10 nitrogen and oxygen atoms in total. The first-order valence-corrected chi connectivity index (χ1v) is 14.6. The van der Waals surface area contributed by atoms with Crippen LogP contribution in [0.15, 0.2) is 60.0 Å². The van der Waals surface area contributed by atoms with Crippen molar-refractivity contribution in [3.8, 4) is 17.0 Å². The van der Waals surface area contributed by atoms with Crippen LogP contribution in [0, 0.1) is 0 Å². The highest BCUT2D eigenvalue weighted by Crippen LogP contribution is 2.49. The zero-order valence-corrected chi connectivity index (χ0v) is 24.7. The molecule has 42 heavy (non-hydrogen) atoms. The molecule has 14 heteroatoms. The summed E-state index contributed by atoms with van der Waals surface area (Å²) in [5, 5.41) is 8.57. The van der Waals surface area contributed by atoms with Crippen LogP contribution in [0.25, 0.3) is 11.3 Å². The van der Waals surface area contributed by atoms with E-state index in [0.29, 0.717) is 11.1 Å². The second kappa shape index (κ2) is 10.6. The van der Waals surface area contributed by atoms with Crippen molar-refractivity contribution in [2.24, 2.45) is 5.73 Å². The third-order valence-corrected chi connectivity index (χ3v) is 7.67. The molecule has 1 aromatic carbocycles. The van der Waals surface area contributed by atoms with Gasteiger partial charge in [-0.15, -0.1) is 5.10 Å². The van der Waals surface area contributed by atoms with Gasteiger partial charge in [-0.05, 0) is 47.7 Å². The van der Waals surface area contributed by atoms with Gasteiger partial charge in [0.2, 0.25) is 15.9 Å². The minimum atomic E-state index is -4.60. The van der Waals surface area contributed by atoms with Crippen LogP contribution in [0.5, 0.6) is 5.75 Å². The largest absolute Gasteiger partial charge is 0.494 e. The fraction of sp³-hybridized carbons (Fsp3) is 0.357. The predicted octanol–water partition coefficient (Wildman–Crippen LogP) is 4.54. The minimum absolute atomic E-state index is 0.000991. The highest BCUT2D eigenvalue weighted by Gasteiger charge is 2.44. The standard InChI is InChI=1S/C28H31F3N6O4S/c1-16-7-8-17(25(32)38)13-27(16,37-15-22(34-36-37)18-9-10-23(33-14-18)28(29,30)31)20-11-19(26(2,3)4)12-21(24(20)41-5)35-42(6,39)40/h7-12,14-15,35H,13H2,1-6H3,(H2,32,38). The van der Waals surface area contributed by atoms with Crippen LogP contribution < -0.4 is 15.2 Å². The topological polar surface area (TPSA) is 142 Å². The smallest absolute Gasteiger partial charge is 0.433 e. The number of pyridine rings is 1. The van der Waals surface area contributed by atoms with Gasteiger partial charge in [-0.2, -0.15) is 13.2 Å². The number of amides is 1. The van der Waals surface area contributed by atoms with Crippen LogP contribution in [0.2, 0.25) is 0 Å². The molecule has 0 fully saturated rings. The summed E-state index contributed by atoms with van der Waals surface area (Å²) in [6, 6.07) is 5.63. The molecule has 0 radical (unpaired) electrons. The van der Waals surface area contributed by atoms with Gasteiger partial charge >= 0.3 is 6.18 Å². The van der Waals surface area contributed by atoms with Gasteiger partial charge < -0.3 is 10.5 Å². The van der Waals surface area contributed by atoms with E-state index >= 15 is 0 Å². The molecular weight excluding hydrogens is 573 g/mol. The SMILES string of the molecule is COc1c(NS(C)(=O)=O)cc(C(C)(C)C)cc1C1(n2cc(-c3ccc(C(F)(F)F)nc3)nn2)CC(C(N)=O)=CC=C1C. The summed E-state index contributed by atoms with van der Waals surface area (Å²) in [6.45, 7) is 7.68. The third-order valence-electron chi connectivity index (χ3n) is 7.08. The average Bonchev–Trinajstić information content (AvgIpc) is 3.37. The number of methoxy groups -OCH3 is 1. The Morgan fingerprint density at radius 2 is 1.86 bits per heavy atom. The Hall–Kier alpha value is -4.20. The molecule has 1 unspecified atom stereocenters. The molecule has 3 aromatic rings. The fourth-order valence-electron chi connectivity index (χ4n) is 4.86. The van der Waals surface area contributed by atoms with Gasteiger partial charge in [-0.3, -0.25) is 14.5 Å². The number of ether oxygens (including phenoxy) is 1. The summed E-state index contributed by atoms with van der Waals surface area (Å²) in [5.74, 6) is -0.490. The molecule has 4 rings (SSSR count). The summed E-state index contributed by atoms with van der Waals surface area (Å²) in [7, 11) is -2.35. The molecule has 0 aliphatic heterocycles. The number of aromatic nitrogens is 4. The number of nitrogens with two attached hydrogens (primary N) is 1. The predicted molar refractivity (Wildman–Crippen MR) is 151 cm³/mol. The molecule has 0 spiro atoms. The van der Waals surface area contributed by atoms with E-state index in [4.69, 9.17) is 10.5 Å². The number of hydrogen-bond donors (Lipinski definition) is 2. The molecule has 2 aromatic heterocycles. The molecule has 3 N–H and O–H groups in total. The second-order valence-corrected chi connectivity index (χ2v) is 12.9. The van der Waals surface area contributed by atoms with Gasteiger partial charge in [-0.25, -0.2) is 13.1 Å². The lowest BCUT2D eigenvalue weighted by Gasteiger charge is -2.39. The van der Waals surface area contributed by atoms with Crippen molar-refractivity contribution in [2.45, 2.75) is 51.2 Å². The number of nitrogens with one attached hydrogen (secondary N) is 1. The molecule has 2 heterocycles. The number of carbonyl (C=O) groups excluding carboxylic acids is 1. The van der Waals surface area contributed by atoms with E-state index in [1.165, 1.54) is 24.1 Å². The number of carbonyl (C=O) groups is 1. The van der Waals surface area contributed by atoms with Crippen molar-refractivity contribution < 1.29 is 31.1 Å². The molecule has 0 saturated heterocycles. The molecule has 224 valence electrons. The number of allylic oxidation sites excluding steroid dienone is 3. The monoisotopic (exact) mass is 604 g/mol. The van der Waals surface area contributed by atoms with E-state index in [-0.39, 0.29) is 34.7 Å². The van der Waals surface area contributed by atoms with Crippen molar-refractivity contribution in [3.05, 3.63) is 76.8 Å². The lowest BCUT2D eigenvalue weighted by Crippen LogP contribution is -2.41. The molecule has 1 aliphatic rings. The Labute approximate surface area is 241 Å². The number of benzene rings is 1. The van der Waals surface area contributed by atoms with Crippen molar-refractivity contribution in [2.75, 3.05) is 18.1 Å². The molecule has 0 bridgehead atoms. The highest BCUT2D eigenvalue weighted by atomic mass is 32.2. The lowest BCUT2D eigenvalue weighted by atomic mass is 9.72. The van der Waals surface area contributed by atoms with Crippen LogP contribution in [-0.4, -0.2) is 47.7 Å². The normalized spacial score (nSPS) is 17.8. The Morgan fingerprint density at radius 3 is 2.38 bits per heavy atom. The first kappa shape index (κ1) is 30.8. The number of nitrogens with zero attached hydrogens (tertiary/aromatic N) is 4. The summed E-state index contributed by atoms with van der Waals surface area (Å²) in [4.78, 5) is 16.0. The Morgan fingerprint density at radius 1 is 1.17 bits per heavy atom. The highest BCUT2D eigenvalue weighted by molar-refractivity contribution is 7.92. The van der Waals surface area contributed by atoms with Gasteiger partial charge in [0.25, 0.3) is 0 Å². The molecule has 1 atom stereocenters. The fourth-order valence-corrected chi connectivity index (χ4v) is 5.41. The number of alkyl halides is 3. The number of halogens is 3. The summed E-state index contributed by atoms with van der Waals surface area (Å²) in [6.07, 6.45) is 2.30. The molecule has 0 saturated carbocycles. The van der Waals surface area contributed by atoms with Crippen molar-refractivity contribution in [3.63, 3.8) is 0 Å². The molecule has 1 amide bonds. The maximum atomic E-state index is 13.1. The lowest BCUT2D eigenvalue weighted by molar-refractivity contribution is -0.141. The van der Waals surface area contributed by atoms with E-state index in [9.17, 15) is 26.4 Å². The van der Waals surface area contributed by atoms with Crippen LogP contribution in [0.4, 0.5) is 18.9 Å². The number of rotatable bonds is 7. The summed E-state index contributed by atoms with van der Waals surface area (Å²) >= 11 is 0. The Bertz CT molecular complexity index is 1700. The number of hydrogen-bond acceptors (Lipinski definition) is 7. The van der Waals surface area contributed by atoms with E-state index < -0.39 is 38.8 Å². The van der Waals surface area contributed by atoms with Crippen LogP contribution >= 0.6 is 0 Å². The summed E-state index contributed by atoms with van der Waals surface area (Å²) < 4.78 is 73.8. The van der Waals surface area contributed by atoms with Gasteiger partial charge in [0, 0.05) is 29.3 Å². The Balaban J connectivity index is 2.03. The van der Waals surface area contributed by atoms with Crippen molar-refractivity contribution >= 4 is 21.6 Å². The van der Waals surface area contributed by atoms with Crippen LogP contribution in [-0.2, 0) is 31.9 Å². The van der Waals surface area contributed by atoms with E-state index in [1.54, 1.807) is 18.2 Å². The van der Waals surface area contributed by atoms with Crippen LogP contribution in [0.1, 0.15) is 50.9 Å². The average molecular weight is 605 g/mol. The maximum absolute atomic E-state index is 13.1. The van der Waals surface area contributed by atoms with Gasteiger partial charge in [0.05, 0.1) is 25.2 Å². The number of sulfonamides is 1. The zero-order valence-electron chi connectivity index (χ0n) is 23.9. The quantitative estimate of drug-likeness (QED) is 0.403. The van der Waals surface area contributed by atoms with Crippen LogP contribution in [0.3, 0.4) is 0 Å². The number of primary amides is 1.